The number of benzene rings is 1. The van der Waals surface area contributed by atoms with Crippen LogP contribution >= 0.6 is 11.3 Å². The number of thiophene rings is 1. The van der Waals surface area contributed by atoms with Crippen molar-refractivity contribution in [3.05, 3.63) is 67.3 Å². The molecule has 41 heavy (non-hydrogen) atoms. The van der Waals surface area contributed by atoms with Crippen LogP contribution in [-0.4, -0.2) is 40.3 Å². The average molecular weight is 598 g/mol. The van der Waals surface area contributed by atoms with Crippen molar-refractivity contribution in [3.8, 4) is 0 Å². The zero-order chi connectivity index (χ0) is 30.5. The summed E-state index contributed by atoms with van der Waals surface area (Å²) in [5.74, 6) is 0. The molecule has 0 spiro atoms. The largest absolute Gasteiger partial charge is 0.443 e. The summed E-state index contributed by atoms with van der Waals surface area (Å²) >= 11 is 1.52. The van der Waals surface area contributed by atoms with E-state index in [0.29, 0.717) is 23.4 Å². The molecule has 8 nitrogen and oxygen atoms in total. The van der Waals surface area contributed by atoms with Crippen molar-refractivity contribution in [1.82, 2.24) is 13.7 Å². The zero-order valence-corrected chi connectivity index (χ0v) is 27.8. The van der Waals surface area contributed by atoms with E-state index in [0.717, 1.165) is 33.3 Å². The van der Waals surface area contributed by atoms with E-state index in [1.165, 1.54) is 20.5 Å². The predicted molar refractivity (Wildman–Crippen MR) is 170 cm³/mol. The molecule has 0 unspecified atom stereocenters. The standard InChI is InChI=1S/C31H43N3O5SSi/c1-11-24-20(2)25-26(35)33(16-17-38-41(9,10)31(6,7)8)28(36)34(27(25)40-24)19-21-12-13-23-22(18-21)14-15-32(23)29(37)39-30(3,4)5/h12-15,18H,11,16-17,19H2,1-10H3. The number of carbonyl (C=O) groups excluding carboxylic acids is 1. The lowest BCUT2D eigenvalue weighted by molar-refractivity contribution is 0.0544. The van der Waals surface area contributed by atoms with Gasteiger partial charge in [-0.25, -0.2) is 9.59 Å². The maximum Gasteiger partial charge on any atom is 0.418 e. The number of nitrogens with zero attached hydrogens (tertiary/aromatic N) is 3. The van der Waals surface area contributed by atoms with Crippen LogP contribution in [0.25, 0.3) is 21.1 Å². The molecule has 0 atom stereocenters. The van der Waals surface area contributed by atoms with Crippen LogP contribution < -0.4 is 11.2 Å². The molecule has 222 valence electrons. The molecule has 1 aromatic carbocycles. The summed E-state index contributed by atoms with van der Waals surface area (Å²) in [6.07, 6.45) is 2.05. The second-order valence-corrected chi connectivity index (χ2v) is 19.1. The Morgan fingerprint density at radius 2 is 1.71 bits per heavy atom. The Morgan fingerprint density at radius 1 is 1.02 bits per heavy atom. The Hall–Kier alpha value is -2.95. The van der Waals surface area contributed by atoms with Gasteiger partial charge in [0.25, 0.3) is 5.56 Å². The normalized spacial score (nSPS) is 12.9. The highest BCUT2D eigenvalue weighted by Crippen LogP contribution is 2.36. The van der Waals surface area contributed by atoms with E-state index in [1.54, 1.807) is 10.8 Å². The number of aromatic nitrogens is 3. The van der Waals surface area contributed by atoms with Gasteiger partial charge in [0, 0.05) is 16.5 Å². The highest BCUT2D eigenvalue weighted by atomic mass is 32.1. The zero-order valence-electron chi connectivity index (χ0n) is 26.0. The molecular weight excluding hydrogens is 555 g/mol. The molecule has 0 fully saturated rings. The Balaban J connectivity index is 1.74. The molecule has 0 amide bonds. The molecule has 0 aliphatic heterocycles. The molecule has 10 heteroatoms. The van der Waals surface area contributed by atoms with Crippen LogP contribution in [0.3, 0.4) is 0 Å². The molecule has 0 aliphatic carbocycles. The van der Waals surface area contributed by atoms with Crippen LogP contribution in [0.4, 0.5) is 4.79 Å². The van der Waals surface area contributed by atoms with Crippen molar-refractivity contribution in [2.75, 3.05) is 6.61 Å². The first-order chi connectivity index (χ1) is 18.9. The summed E-state index contributed by atoms with van der Waals surface area (Å²) in [4.78, 5) is 42.0. The smallest absolute Gasteiger partial charge is 0.418 e. The van der Waals surface area contributed by atoms with Crippen LogP contribution in [0.2, 0.25) is 18.1 Å². The fourth-order valence-corrected chi connectivity index (χ4v) is 6.93. The molecule has 4 rings (SSSR count). The molecule has 0 N–H and O–H groups in total. The van der Waals surface area contributed by atoms with Gasteiger partial charge >= 0.3 is 11.8 Å². The van der Waals surface area contributed by atoms with Crippen LogP contribution in [0.15, 0.2) is 40.1 Å². The van der Waals surface area contributed by atoms with Crippen molar-refractivity contribution in [2.24, 2.45) is 0 Å². The Bertz CT molecular complexity index is 1730. The van der Waals surface area contributed by atoms with Crippen LogP contribution in [0, 0.1) is 6.92 Å². The second kappa shape index (κ2) is 11.0. The van der Waals surface area contributed by atoms with Gasteiger partial charge in [-0.1, -0.05) is 33.8 Å². The summed E-state index contributed by atoms with van der Waals surface area (Å²) in [5.41, 5.74) is 1.38. The average Bonchev–Trinajstić information content (AvgIpc) is 3.42. The fourth-order valence-electron chi connectivity index (χ4n) is 4.67. The Labute approximate surface area is 246 Å². The first-order valence-electron chi connectivity index (χ1n) is 14.2. The second-order valence-electron chi connectivity index (χ2n) is 13.2. The summed E-state index contributed by atoms with van der Waals surface area (Å²) in [7, 11) is -2.04. The van der Waals surface area contributed by atoms with Gasteiger partial charge in [-0.15, -0.1) is 11.3 Å². The van der Waals surface area contributed by atoms with Crippen molar-refractivity contribution in [3.63, 3.8) is 0 Å². The van der Waals surface area contributed by atoms with E-state index in [9.17, 15) is 14.4 Å². The van der Waals surface area contributed by atoms with E-state index >= 15 is 0 Å². The maximum atomic E-state index is 13.9. The van der Waals surface area contributed by atoms with Gasteiger partial charge in [-0.2, -0.15) is 0 Å². The fraction of sp³-hybridized carbons (Fsp3) is 0.516. The van der Waals surface area contributed by atoms with E-state index in [-0.39, 0.29) is 22.8 Å². The minimum atomic E-state index is -2.04. The van der Waals surface area contributed by atoms with E-state index in [1.807, 2.05) is 52.0 Å². The molecule has 0 radical (unpaired) electrons. The Kier molecular flexibility index (Phi) is 8.34. The van der Waals surface area contributed by atoms with Gasteiger partial charge < -0.3 is 9.16 Å². The third-order valence-electron chi connectivity index (χ3n) is 7.98. The van der Waals surface area contributed by atoms with Crippen LogP contribution in [0.5, 0.6) is 0 Å². The molecule has 3 heterocycles. The molecule has 4 aromatic rings. The third-order valence-corrected chi connectivity index (χ3v) is 14.0. The number of ether oxygens (including phenoxy) is 1. The minimum Gasteiger partial charge on any atom is -0.443 e. The lowest BCUT2D eigenvalue weighted by Gasteiger charge is -2.36. The first-order valence-corrected chi connectivity index (χ1v) is 17.9. The lowest BCUT2D eigenvalue weighted by atomic mass is 10.1. The number of hydrogen-bond acceptors (Lipinski definition) is 6. The molecule has 0 saturated heterocycles. The SMILES string of the molecule is CCc1sc2c(c1C)c(=O)n(CCO[Si](C)(C)C(C)(C)C)c(=O)n2Cc1ccc2c(ccn2C(=O)OC(C)(C)C)c1. The number of hydrogen-bond donors (Lipinski definition) is 0. The molecule has 0 aliphatic rings. The molecule has 0 saturated carbocycles. The van der Waals surface area contributed by atoms with Crippen LogP contribution in [-0.2, 0) is 28.7 Å². The lowest BCUT2D eigenvalue weighted by Crippen LogP contribution is -2.44. The van der Waals surface area contributed by atoms with Crippen molar-refractivity contribution >= 4 is 46.9 Å². The number of rotatable bonds is 7. The maximum absolute atomic E-state index is 13.9. The van der Waals surface area contributed by atoms with E-state index < -0.39 is 20.0 Å². The van der Waals surface area contributed by atoms with Crippen LogP contribution in [0.1, 0.15) is 64.5 Å². The quantitative estimate of drug-likeness (QED) is 0.216. The van der Waals surface area contributed by atoms with Gasteiger partial charge in [0.1, 0.15) is 10.4 Å². The van der Waals surface area contributed by atoms with Gasteiger partial charge in [0.2, 0.25) is 0 Å². The molecule has 0 bridgehead atoms. The van der Waals surface area contributed by atoms with Gasteiger partial charge in [0.15, 0.2) is 8.32 Å². The third kappa shape index (κ3) is 6.15. The van der Waals surface area contributed by atoms with E-state index in [4.69, 9.17) is 9.16 Å². The summed E-state index contributed by atoms with van der Waals surface area (Å²) < 4.78 is 16.4. The highest BCUT2D eigenvalue weighted by Gasteiger charge is 2.37. The minimum absolute atomic E-state index is 0.0309. The summed E-state index contributed by atoms with van der Waals surface area (Å²) in [6, 6.07) is 7.63. The molecular formula is C31H43N3O5SSi. The van der Waals surface area contributed by atoms with Gasteiger partial charge in [-0.3, -0.25) is 18.5 Å². The summed E-state index contributed by atoms with van der Waals surface area (Å²) in [6.45, 7) is 21.2. The number of fused-ring (bicyclic) bond motifs is 2. The number of carbonyl (C=O) groups is 1. The van der Waals surface area contributed by atoms with Gasteiger partial charge in [0.05, 0.1) is 30.6 Å². The first kappa shape index (κ1) is 31.0. The topological polar surface area (TPSA) is 84.5 Å². The molecule has 3 aromatic heterocycles. The monoisotopic (exact) mass is 597 g/mol. The van der Waals surface area contributed by atoms with Gasteiger partial charge in [-0.05, 0) is 81.6 Å². The van der Waals surface area contributed by atoms with Crippen molar-refractivity contribution in [2.45, 2.75) is 98.6 Å². The Morgan fingerprint density at radius 3 is 2.32 bits per heavy atom. The van der Waals surface area contributed by atoms with E-state index in [2.05, 4.69) is 40.8 Å². The highest BCUT2D eigenvalue weighted by molar-refractivity contribution is 7.18. The van der Waals surface area contributed by atoms with Crippen molar-refractivity contribution < 1.29 is 14.0 Å². The summed E-state index contributed by atoms with van der Waals surface area (Å²) in [5, 5.41) is 1.50. The predicted octanol–water partition coefficient (Wildman–Crippen LogP) is 6.90. The van der Waals surface area contributed by atoms with Crippen molar-refractivity contribution in [1.29, 1.82) is 0 Å². The number of aryl methyl sites for hydroxylation is 2.